The lowest BCUT2D eigenvalue weighted by Crippen LogP contribution is -2.41. The van der Waals surface area contributed by atoms with Gasteiger partial charge in [0.2, 0.25) is 17.7 Å². The summed E-state index contributed by atoms with van der Waals surface area (Å²) in [6.07, 6.45) is 5.83. The number of ether oxygens (including phenoxy) is 1. The van der Waals surface area contributed by atoms with Crippen LogP contribution in [0.5, 0.6) is 5.75 Å². The Balaban J connectivity index is 0.764. The van der Waals surface area contributed by atoms with Gasteiger partial charge in [-0.2, -0.15) is 0 Å². The van der Waals surface area contributed by atoms with Crippen LogP contribution in [0.3, 0.4) is 0 Å². The van der Waals surface area contributed by atoms with Gasteiger partial charge in [0.05, 0.1) is 40.1 Å². The summed E-state index contributed by atoms with van der Waals surface area (Å²) in [4.78, 5) is 60.5. The predicted molar refractivity (Wildman–Crippen MR) is 229 cm³/mol. The molecule has 14 heteroatoms. The van der Waals surface area contributed by atoms with E-state index in [1.807, 2.05) is 104 Å². The van der Waals surface area contributed by atoms with Crippen molar-refractivity contribution >= 4 is 72.0 Å². The van der Waals surface area contributed by atoms with Gasteiger partial charge in [0, 0.05) is 59.5 Å². The number of nitrogens with zero attached hydrogens (tertiary/aromatic N) is 5. The topological polar surface area (TPSA) is 163 Å². The first kappa shape index (κ1) is 38.8. The summed E-state index contributed by atoms with van der Waals surface area (Å²) in [5.41, 5.74) is 6.84. The van der Waals surface area contributed by atoms with Crippen LogP contribution in [0.15, 0.2) is 95.8 Å². The van der Waals surface area contributed by atoms with Crippen molar-refractivity contribution in [1.82, 2.24) is 34.7 Å². The van der Waals surface area contributed by atoms with E-state index < -0.39 is 6.04 Å². The van der Waals surface area contributed by atoms with Crippen LogP contribution in [0.4, 0.5) is 0 Å². The molecule has 304 valence electrons. The van der Waals surface area contributed by atoms with Crippen LogP contribution < -0.4 is 15.4 Å². The number of nitrogens with one attached hydrogen (secondary N) is 2. The normalized spacial score (nSPS) is 14.7. The van der Waals surface area contributed by atoms with Crippen molar-refractivity contribution in [1.29, 1.82) is 0 Å². The number of hydrogen-bond acceptors (Lipinski definition) is 10. The Bertz CT molecular complexity index is 2950. The fraction of sp³-hybridized carbons (Fsp3) is 0.283. The van der Waals surface area contributed by atoms with Crippen molar-refractivity contribution in [2.75, 3.05) is 13.2 Å². The summed E-state index contributed by atoms with van der Waals surface area (Å²) in [7, 11) is 0. The highest BCUT2D eigenvalue weighted by molar-refractivity contribution is 7.23. The molecule has 0 saturated carbocycles. The van der Waals surface area contributed by atoms with Crippen LogP contribution in [0.1, 0.15) is 68.7 Å². The third kappa shape index (κ3) is 7.90. The Morgan fingerprint density at radius 1 is 0.967 bits per heavy atom. The van der Waals surface area contributed by atoms with Gasteiger partial charge in [-0.05, 0) is 66.4 Å². The van der Waals surface area contributed by atoms with E-state index in [9.17, 15) is 19.2 Å². The number of pyridine rings is 1. The molecule has 1 atom stereocenters. The maximum absolute atomic E-state index is 12.8. The van der Waals surface area contributed by atoms with Gasteiger partial charge in [0.25, 0.3) is 0 Å². The van der Waals surface area contributed by atoms with Crippen LogP contribution in [-0.4, -0.2) is 60.7 Å². The summed E-state index contributed by atoms with van der Waals surface area (Å²) in [6, 6.07) is 25.1. The molecule has 2 N–H and O–H groups in total. The molecule has 13 nitrogen and oxygen atoms in total. The second kappa shape index (κ2) is 15.8. The summed E-state index contributed by atoms with van der Waals surface area (Å²) >= 11 is 1.57. The number of fused-ring (bicyclic) bond motifs is 6. The molecule has 1 fully saturated rings. The number of rotatable bonds is 13. The fourth-order valence-electron chi connectivity index (χ4n) is 7.77. The van der Waals surface area contributed by atoms with E-state index in [1.54, 1.807) is 17.5 Å². The number of imidazole rings is 1. The zero-order chi connectivity index (χ0) is 41.5. The quantitative estimate of drug-likeness (QED) is 0.0888. The molecule has 6 heterocycles. The van der Waals surface area contributed by atoms with Gasteiger partial charge in [-0.25, -0.2) is 9.97 Å². The first-order valence-corrected chi connectivity index (χ1v) is 20.9. The highest BCUT2D eigenvalue weighted by Crippen LogP contribution is 2.35. The molecule has 1 unspecified atom stereocenters. The largest absolute Gasteiger partial charge is 0.492 e. The number of thiazole rings is 1. The van der Waals surface area contributed by atoms with E-state index in [0.717, 1.165) is 59.6 Å². The Labute approximate surface area is 348 Å². The first-order valence-electron chi connectivity index (χ1n) is 20.1. The maximum atomic E-state index is 12.8. The lowest BCUT2D eigenvalue weighted by atomic mass is 9.93. The molecule has 9 rings (SSSR count). The maximum Gasteiger partial charge on any atom is 0.249 e. The van der Waals surface area contributed by atoms with Crippen molar-refractivity contribution in [3.05, 3.63) is 114 Å². The van der Waals surface area contributed by atoms with Crippen molar-refractivity contribution in [3.63, 3.8) is 0 Å². The molecule has 0 aliphatic carbocycles. The average molecular weight is 822 g/mol. The third-order valence-corrected chi connectivity index (χ3v) is 11.9. The number of piperidine rings is 1. The molecular formula is C46H43N7O6S. The Hall–Kier alpha value is -6.67. The summed E-state index contributed by atoms with van der Waals surface area (Å²) in [5, 5.41) is 11.4. The van der Waals surface area contributed by atoms with Crippen LogP contribution in [0.2, 0.25) is 0 Å². The molecule has 1 aliphatic heterocycles. The van der Waals surface area contributed by atoms with E-state index in [1.165, 1.54) is 0 Å². The monoisotopic (exact) mass is 821 g/mol. The lowest BCUT2D eigenvalue weighted by molar-refractivity contribution is -0.135. The highest BCUT2D eigenvalue weighted by Gasteiger charge is 2.31. The summed E-state index contributed by atoms with van der Waals surface area (Å²) in [6.45, 7) is 6.84. The smallest absolute Gasteiger partial charge is 0.249 e. The SMILES string of the molecule is CC(C)(C)c1cc(CC(=O)Cc2ccc(-c3cn4c(n3)sc3cc(OCCNC(=O)CCc5ccc6c(c5)c5cccnc5n6C5CCC(=O)NC5=O)ccc34)cc2)no1. The molecule has 60 heavy (non-hydrogen) atoms. The Morgan fingerprint density at radius 2 is 1.78 bits per heavy atom. The van der Waals surface area contributed by atoms with Gasteiger partial charge in [-0.15, -0.1) is 0 Å². The molecule has 0 spiro atoms. The molecule has 8 aromatic rings. The number of ketones is 1. The fourth-order valence-corrected chi connectivity index (χ4v) is 8.81. The minimum Gasteiger partial charge on any atom is -0.492 e. The van der Waals surface area contributed by atoms with Gasteiger partial charge in [0.1, 0.15) is 35.6 Å². The Morgan fingerprint density at radius 3 is 2.58 bits per heavy atom. The lowest BCUT2D eigenvalue weighted by Gasteiger charge is -2.23. The molecule has 1 aliphatic rings. The zero-order valence-corrected chi connectivity index (χ0v) is 34.3. The molecule has 0 radical (unpaired) electrons. The number of Topliss-reactive ketones (excluding diaryl/α,β-unsaturated/α-hetero) is 1. The van der Waals surface area contributed by atoms with Crippen molar-refractivity contribution < 1.29 is 28.4 Å². The number of imide groups is 1. The predicted octanol–water partition coefficient (Wildman–Crippen LogP) is 7.46. The average Bonchev–Trinajstić information content (AvgIpc) is 4.01. The Kier molecular flexibility index (Phi) is 10.2. The molecule has 0 bridgehead atoms. The summed E-state index contributed by atoms with van der Waals surface area (Å²) < 4.78 is 16.5. The molecular weight excluding hydrogens is 779 g/mol. The van der Waals surface area contributed by atoms with Crippen molar-refractivity contribution in [2.24, 2.45) is 0 Å². The standard InChI is InChI=1S/C46H43N7O6S/c1-46(2,3)40-24-30(51-59-40)23-31(54)21-27-6-10-29(11-7-27)35-26-52-37-14-12-32(25-39(37)60-45(52)49-35)58-20-19-47-41(55)16-9-28-8-13-36-34(22-28)33-5-4-18-48-43(33)53(36)38-15-17-42(56)50-44(38)57/h4-8,10-14,18,22,24-26,38H,9,15-17,19-21,23H2,1-3H3,(H,47,55)(H,50,56,57). The molecule has 1 saturated heterocycles. The second-order valence-corrected chi connectivity index (χ2v) is 17.3. The van der Waals surface area contributed by atoms with Gasteiger partial charge < -0.3 is 19.1 Å². The van der Waals surface area contributed by atoms with E-state index in [-0.39, 0.29) is 41.8 Å². The number of benzene rings is 3. The number of carbonyl (C=O) groups is 4. The number of hydrogen-bond donors (Lipinski definition) is 2. The zero-order valence-electron chi connectivity index (χ0n) is 33.5. The van der Waals surface area contributed by atoms with Crippen LogP contribution in [0, 0.1) is 0 Å². The van der Waals surface area contributed by atoms with E-state index in [2.05, 4.69) is 31.2 Å². The van der Waals surface area contributed by atoms with Gasteiger partial charge in [-0.1, -0.05) is 67.6 Å². The minimum atomic E-state index is -0.521. The number of carbonyl (C=O) groups excluding carboxylic acids is 4. The van der Waals surface area contributed by atoms with Crippen molar-refractivity contribution in [2.45, 2.75) is 70.8 Å². The summed E-state index contributed by atoms with van der Waals surface area (Å²) in [5.74, 6) is 0.912. The van der Waals surface area contributed by atoms with E-state index in [0.29, 0.717) is 55.9 Å². The van der Waals surface area contributed by atoms with Gasteiger partial charge >= 0.3 is 0 Å². The third-order valence-electron chi connectivity index (χ3n) is 10.9. The van der Waals surface area contributed by atoms with Gasteiger partial charge in [-0.3, -0.25) is 28.9 Å². The van der Waals surface area contributed by atoms with E-state index in [4.69, 9.17) is 14.2 Å². The highest BCUT2D eigenvalue weighted by atomic mass is 32.1. The van der Waals surface area contributed by atoms with E-state index >= 15 is 0 Å². The second-order valence-electron chi connectivity index (χ2n) is 16.3. The first-order chi connectivity index (χ1) is 29.0. The minimum absolute atomic E-state index is 0.0714. The van der Waals surface area contributed by atoms with Crippen LogP contribution in [-0.2, 0) is 43.9 Å². The van der Waals surface area contributed by atoms with Crippen LogP contribution >= 0.6 is 11.3 Å². The molecule has 3 aromatic carbocycles. The van der Waals surface area contributed by atoms with Crippen LogP contribution in [0.25, 0.3) is 48.4 Å². The number of aryl methyl sites for hydroxylation is 1. The van der Waals surface area contributed by atoms with Crippen molar-refractivity contribution in [3.8, 4) is 17.0 Å². The molecule has 3 amide bonds. The molecule has 5 aromatic heterocycles. The number of amides is 3. The number of aromatic nitrogens is 5. The van der Waals surface area contributed by atoms with Gasteiger partial charge in [0.15, 0.2) is 4.96 Å².